The summed E-state index contributed by atoms with van der Waals surface area (Å²) in [5, 5.41) is 3.00. The normalized spacial score (nSPS) is 10.4. The Labute approximate surface area is 167 Å². The molecule has 0 saturated carbocycles. The van der Waals surface area contributed by atoms with Gasteiger partial charge in [-0.25, -0.2) is 9.59 Å². The fourth-order valence-electron chi connectivity index (χ4n) is 2.48. The van der Waals surface area contributed by atoms with E-state index in [-0.39, 0.29) is 47.6 Å². The predicted molar refractivity (Wildman–Crippen MR) is 106 cm³/mol. The van der Waals surface area contributed by atoms with Crippen LogP contribution in [0.5, 0.6) is 0 Å². The molecule has 0 unspecified atom stereocenters. The monoisotopic (exact) mass is 405 g/mol. The molecule has 0 spiro atoms. The van der Waals surface area contributed by atoms with Gasteiger partial charge in [0.05, 0.1) is 25.2 Å². The molecule has 1 amide bonds. The van der Waals surface area contributed by atoms with Gasteiger partial charge < -0.3 is 19.5 Å². The Morgan fingerprint density at radius 1 is 1.04 bits per heavy atom. The SMILES string of the molecule is CCOC(=O)c1c(NC(=O)Cc2ccccc2)sc(C(=O)OCCOC)c1C. The maximum atomic E-state index is 12.4. The number of anilines is 1. The van der Waals surface area contributed by atoms with Crippen molar-refractivity contribution in [2.24, 2.45) is 0 Å². The van der Waals surface area contributed by atoms with Crippen molar-refractivity contribution in [1.82, 2.24) is 0 Å². The number of ether oxygens (including phenoxy) is 3. The molecule has 28 heavy (non-hydrogen) atoms. The zero-order valence-corrected chi connectivity index (χ0v) is 16.9. The second kappa shape index (κ2) is 10.6. The van der Waals surface area contributed by atoms with E-state index in [1.54, 1.807) is 13.8 Å². The number of nitrogens with one attached hydrogen (secondary N) is 1. The number of thiophene rings is 1. The predicted octanol–water partition coefficient (Wildman–Crippen LogP) is 3.22. The van der Waals surface area contributed by atoms with Gasteiger partial charge in [0.25, 0.3) is 0 Å². The summed E-state index contributed by atoms with van der Waals surface area (Å²) in [6.07, 6.45) is 0.146. The van der Waals surface area contributed by atoms with Gasteiger partial charge in [0.1, 0.15) is 16.5 Å². The number of carbonyl (C=O) groups excluding carboxylic acids is 3. The summed E-state index contributed by atoms with van der Waals surface area (Å²) in [5.41, 5.74) is 1.43. The molecule has 2 rings (SSSR count). The van der Waals surface area contributed by atoms with Crippen LogP contribution in [0.25, 0.3) is 0 Å². The van der Waals surface area contributed by atoms with Gasteiger partial charge in [0.15, 0.2) is 0 Å². The lowest BCUT2D eigenvalue weighted by atomic mass is 10.1. The van der Waals surface area contributed by atoms with Crippen LogP contribution in [0.4, 0.5) is 5.00 Å². The van der Waals surface area contributed by atoms with Gasteiger partial charge in [-0.05, 0) is 25.0 Å². The van der Waals surface area contributed by atoms with E-state index < -0.39 is 11.9 Å². The molecular weight excluding hydrogens is 382 g/mol. The number of benzene rings is 1. The third-order valence-corrected chi connectivity index (χ3v) is 4.98. The van der Waals surface area contributed by atoms with E-state index in [4.69, 9.17) is 14.2 Å². The minimum absolute atomic E-state index is 0.0944. The number of hydrogen-bond acceptors (Lipinski definition) is 7. The van der Waals surface area contributed by atoms with Gasteiger partial charge in [-0.2, -0.15) is 0 Å². The van der Waals surface area contributed by atoms with Gasteiger partial charge >= 0.3 is 11.9 Å². The largest absolute Gasteiger partial charge is 0.462 e. The summed E-state index contributed by atoms with van der Waals surface area (Å²) >= 11 is 0.997. The maximum absolute atomic E-state index is 12.4. The molecule has 0 saturated heterocycles. The Morgan fingerprint density at radius 3 is 2.39 bits per heavy atom. The highest BCUT2D eigenvalue weighted by atomic mass is 32.1. The first kappa shape index (κ1) is 21.6. The van der Waals surface area contributed by atoms with Crippen molar-refractivity contribution in [2.75, 3.05) is 32.2 Å². The Hall–Kier alpha value is -2.71. The Kier molecular flexibility index (Phi) is 8.16. The van der Waals surface area contributed by atoms with E-state index in [1.807, 2.05) is 30.3 Å². The quantitative estimate of drug-likeness (QED) is 0.509. The first-order valence-corrected chi connectivity index (χ1v) is 9.59. The van der Waals surface area contributed by atoms with Crippen LogP contribution in [0, 0.1) is 6.92 Å². The molecule has 0 aliphatic rings. The zero-order chi connectivity index (χ0) is 20.5. The van der Waals surface area contributed by atoms with E-state index in [0.717, 1.165) is 16.9 Å². The number of amides is 1. The summed E-state index contributed by atoms with van der Waals surface area (Å²) in [4.78, 5) is 37.4. The van der Waals surface area contributed by atoms with Gasteiger partial charge in [-0.15, -0.1) is 11.3 Å². The molecular formula is C20H23NO6S. The van der Waals surface area contributed by atoms with Gasteiger partial charge in [0, 0.05) is 7.11 Å². The molecule has 0 aliphatic heterocycles. The first-order chi connectivity index (χ1) is 13.5. The van der Waals surface area contributed by atoms with Crippen molar-refractivity contribution in [3.05, 3.63) is 51.9 Å². The van der Waals surface area contributed by atoms with Crippen LogP contribution in [0.3, 0.4) is 0 Å². The van der Waals surface area contributed by atoms with Crippen LogP contribution in [0.15, 0.2) is 30.3 Å². The molecule has 1 N–H and O–H groups in total. The summed E-state index contributed by atoms with van der Waals surface area (Å²) < 4.78 is 15.1. The van der Waals surface area contributed by atoms with Crippen LogP contribution >= 0.6 is 11.3 Å². The van der Waals surface area contributed by atoms with Gasteiger partial charge in [0.2, 0.25) is 5.91 Å². The van der Waals surface area contributed by atoms with Crippen LogP contribution < -0.4 is 5.32 Å². The molecule has 2 aromatic rings. The number of hydrogen-bond donors (Lipinski definition) is 1. The van der Waals surface area contributed by atoms with Crippen molar-refractivity contribution in [2.45, 2.75) is 20.3 Å². The fourth-order valence-corrected chi connectivity index (χ4v) is 3.59. The molecule has 8 heteroatoms. The average Bonchev–Trinajstić information content (AvgIpc) is 2.98. The summed E-state index contributed by atoms with van der Waals surface area (Å²) in [5.74, 6) is -1.46. The fraction of sp³-hybridized carbons (Fsp3) is 0.350. The molecule has 0 atom stereocenters. The number of methoxy groups -OCH3 is 1. The summed E-state index contributed by atoms with van der Waals surface area (Å²) in [7, 11) is 1.50. The van der Waals surface area contributed by atoms with E-state index in [0.29, 0.717) is 5.56 Å². The highest BCUT2D eigenvalue weighted by Crippen LogP contribution is 2.34. The summed E-state index contributed by atoms with van der Waals surface area (Å²) in [6.45, 7) is 3.85. The maximum Gasteiger partial charge on any atom is 0.348 e. The lowest BCUT2D eigenvalue weighted by Gasteiger charge is -2.07. The summed E-state index contributed by atoms with van der Waals surface area (Å²) in [6, 6.07) is 9.23. The number of rotatable bonds is 9. The van der Waals surface area contributed by atoms with E-state index in [9.17, 15) is 14.4 Å². The van der Waals surface area contributed by atoms with Crippen molar-refractivity contribution >= 4 is 34.2 Å². The smallest absolute Gasteiger partial charge is 0.348 e. The van der Waals surface area contributed by atoms with Gasteiger partial charge in [-0.3, -0.25) is 4.79 Å². The molecule has 0 aliphatic carbocycles. The number of carbonyl (C=O) groups is 3. The topological polar surface area (TPSA) is 90.9 Å². The van der Waals surface area contributed by atoms with E-state index in [1.165, 1.54) is 7.11 Å². The highest BCUT2D eigenvalue weighted by Gasteiger charge is 2.27. The Balaban J connectivity index is 2.25. The molecule has 0 radical (unpaired) electrons. The first-order valence-electron chi connectivity index (χ1n) is 8.78. The molecule has 1 aromatic heterocycles. The molecule has 7 nitrogen and oxygen atoms in total. The molecule has 150 valence electrons. The van der Waals surface area contributed by atoms with E-state index >= 15 is 0 Å². The molecule has 0 fully saturated rings. The van der Waals surface area contributed by atoms with Gasteiger partial charge in [-0.1, -0.05) is 30.3 Å². The second-order valence-corrected chi connectivity index (χ2v) is 6.84. The minimum Gasteiger partial charge on any atom is -0.462 e. The standard InChI is InChI=1S/C20H23NO6S/c1-4-26-19(23)16-13(2)17(20(24)27-11-10-25-3)28-18(16)21-15(22)12-14-8-6-5-7-9-14/h5-9H,4,10-12H2,1-3H3,(H,21,22). The Morgan fingerprint density at radius 2 is 1.75 bits per heavy atom. The average molecular weight is 405 g/mol. The van der Waals surface area contributed by atoms with Crippen LogP contribution in [-0.2, 0) is 25.4 Å². The zero-order valence-electron chi connectivity index (χ0n) is 16.1. The number of esters is 2. The van der Waals surface area contributed by atoms with Crippen LogP contribution in [0.1, 0.15) is 38.1 Å². The molecule has 0 bridgehead atoms. The second-order valence-electron chi connectivity index (χ2n) is 5.82. The lowest BCUT2D eigenvalue weighted by molar-refractivity contribution is -0.115. The highest BCUT2D eigenvalue weighted by molar-refractivity contribution is 7.18. The minimum atomic E-state index is -0.595. The third-order valence-electron chi connectivity index (χ3n) is 3.79. The third kappa shape index (κ3) is 5.64. The van der Waals surface area contributed by atoms with Crippen molar-refractivity contribution < 1.29 is 28.6 Å². The lowest BCUT2D eigenvalue weighted by Crippen LogP contribution is -2.16. The van der Waals surface area contributed by atoms with Crippen LogP contribution in [0.2, 0.25) is 0 Å². The van der Waals surface area contributed by atoms with E-state index in [2.05, 4.69) is 5.32 Å². The molecule has 1 heterocycles. The van der Waals surface area contributed by atoms with Crippen molar-refractivity contribution in [3.8, 4) is 0 Å². The van der Waals surface area contributed by atoms with Crippen molar-refractivity contribution in [3.63, 3.8) is 0 Å². The molecule has 1 aromatic carbocycles. The Bertz CT molecular complexity index is 831. The van der Waals surface area contributed by atoms with Crippen LogP contribution in [-0.4, -0.2) is 44.8 Å². The van der Waals surface area contributed by atoms with Crippen molar-refractivity contribution in [1.29, 1.82) is 0 Å².